The van der Waals surface area contributed by atoms with Gasteiger partial charge in [0.1, 0.15) is 0 Å². The molecule has 0 spiro atoms. The van der Waals surface area contributed by atoms with Gasteiger partial charge in [0.25, 0.3) is 0 Å². The quantitative estimate of drug-likeness (QED) is 0.159. The van der Waals surface area contributed by atoms with Gasteiger partial charge in [0, 0.05) is 6.20 Å². The van der Waals surface area contributed by atoms with Crippen LogP contribution in [0.3, 0.4) is 0 Å². The fourth-order valence-electron chi connectivity index (χ4n) is 10.9. The van der Waals surface area contributed by atoms with Gasteiger partial charge in [-0.05, 0) is 45.9 Å². The van der Waals surface area contributed by atoms with Crippen LogP contribution in [0.25, 0.3) is 72.3 Å². The van der Waals surface area contributed by atoms with Crippen LogP contribution < -0.4 is 4.74 Å². The summed E-state index contributed by atoms with van der Waals surface area (Å²) in [5, 5.41) is 2.22. The molecule has 1 aliphatic rings. The Morgan fingerprint density at radius 3 is 1.68 bits per heavy atom. The Morgan fingerprint density at radius 2 is 1.10 bits per heavy atom. The summed E-state index contributed by atoms with van der Waals surface area (Å²) in [6.45, 7) is 28.6. The van der Waals surface area contributed by atoms with Gasteiger partial charge in [-0.1, -0.05) is 41.5 Å². The van der Waals surface area contributed by atoms with Crippen molar-refractivity contribution in [2.24, 2.45) is 5.41 Å². The molecule has 5 nitrogen and oxygen atoms in total. The molecule has 3 heterocycles. The van der Waals surface area contributed by atoms with Gasteiger partial charge in [-0.2, -0.15) is 0 Å². The molecular weight excluding hydrogens is 1060 g/mol. The van der Waals surface area contributed by atoms with E-state index in [1.807, 2.05) is 86.1 Å². The predicted molar refractivity (Wildman–Crippen MR) is 297 cm³/mol. The summed E-state index contributed by atoms with van der Waals surface area (Å²) in [6, 6.07) is 27.7. The zero-order valence-corrected chi connectivity index (χ0v) is 45.6. The Bertz CT molecular complexity index is 4330. The van der Waals surface area contributed by atoms with Gasteiger partial charge in [-0.3, -0.25) is 0 Å². The fraction of sp³-hybridized carbons (Fsp3) is 0.273. The molecule has 0 amide bonds. The van der Waals surface area contributed by atoms with E-state index in [9.17, 15) is 5.48 Å². The number of pyridine rings is 1. The van der Waals surface area contributed by atoms with Crippen LogP contribution in [-0.4, -0.2) is 18.7 Å². The number of rotatable bonds is 7. The Balaban J connectivity index is 1.18. The molecule has 0 unspecified atom stereocenters. The molecule has 1 aliphatic carbocycles. The van der Waals surface area contributed by atoms with E-state index < -0.39 is 65.8 Å². The molecule has 366 valence electrons. The third-order valence-electron chi connectivity index (χ3n) is 16.2. The van der Waals surface area contributed by atoms with E-state index in [1.54, 1.807) is 0 Å². The second kappa shape index (κ2) is 16.8. The number of fused-ring (bicyclic) bond motifs is 5. The van der Waals surface area contributed by atoms with Crippen LogP contribution in [0.5, 0.6) is 11.5 Å². The van der Waals surface area contributed by atoms with E-state index >= 15 is 0 Å². The van der Waals surface area contributed by atoms with E-state index in [2.05, 4.69) is 140 Å². The molecule has 10 aromatic rings. The van der Waals surface area contributed by atoms with Crippen molar-refractivity contribution in [1.82, 2.24) is 18.7 Å². The van der Waals surface area contributed by atoms with Crippen LogP contribution in [0.4, 0.5) is 0 Å². The average molecular weight is 1140 g/mol. The van der Waals surface area contributed by atoms with E-state index in [-0.39, 0.29) is 49.6 Å². The molecule has 0 N–H and O–H groups in total. The number of ether oxygens (including phenoxy) is 1. The summed E-state index contributed by atoms with van der Waals surface area (Å²) in [5.41, 5.74) is 8.74. The monoisotopic (exact) mass is 1140 g/mol. The molecule has 3 aromatic heterocycles. The van der Waals surface area contributed by atoms with Crippen LogP contribution in [-0.2, 0) is 41.0 Å². The summed E-state index contributed by atoms with van der Waals surface area (Å²) in [4.78, 5) is 4.95. The van der Waals surface area contributed by atoms with Crippen molar-refractivity contribution in [1.29, 1.82) is 0 Å². The molecule has 0 fully saturated rings. The molecule has 72 heavy (non-hydrogen) atoms. The number of hydrogen-bond donors (Lipinski definition) is 0. The first kappa shape index (κ1) is 37.2. The molecule has 0 saturated heterocycles. The number of imidazole rings is 1. The zero-order chi connectivity index (χ0) is 59.6. The Kier molecular flexibility index (Phi) is 8.66. The third-order valence-corrected chi connectivity index (χ3v) is 17.2. The van der Waals surface area contributed by atoms with Crippen molar-refractivity contribution < 1.29 is 37.8 Å². The molecule has 0 saturated carbocycles. The van der Waals surface area contributed by atoms with Crippen molar-refractivity contribution in [2.45, 2.75) is 112 Å². The first-order valence-electron chi connectivity index (χ1n) is 29.6. The Labute approximate surface area is 450 Å². The topological polar surface area (TPSA) is 36.9 Å². The van der Waals surface area contributed by atoms with Crippen LogP contribution in [0.2, 0.25) is 0 Å². The summed E-state index contributed by atoms with van der Waals surface area (Å²) >= 11 is 2.24. The van der Waals surface area contributed by atoms with Crippen molar-refractivity contribution in [3.63, 3.8) is 0 Å². The van der Waals surface area contributed by atoms with Gasteiger partial charge in [0.2, 0.25) is 0 Å². The maximum absolute atomic E-state index is 9.41. The second-order valence-corrected chi connectivity index (χ2v) is 24.2. The second-order valence-electron chi connectivity index (χ2n) is 23.1. The minimum absolute atomic E-state index is 0.0258. The minimum atomic E-state index is -0.636. The predicted octanol–water partition coefficient (Wildman–Crippen LogP) is 17.6. The average Bonchev–Trinajstić information content (AvgIpc) is 4.09. The molecule has 0 atom stereocenters. The molecular formula is C66H66N4OPt. The van der Waals surface area contributed by atoms with E-state index in [0.717, 1.165) is 50.0 Å². The normalized spacial score (nSPS) is 17.1. The Morgan fingerprint density at radius 1 is 0.542 bits per heavy atom. The van der Waals surface area contributed by atoms with Gasteiger partial charge in [-0.25, -0.2) is 0 Å². The van der Waals surface area contributed by atoms with Gasteiger partial charge >= 0.3 is 359 Å². The van der Waals surface area contributed by atoms with E-state index in [0.29, 0.717) is 26.4 Å². The van der Waals surface area contributed by atoms with Crippen LogP contribution in [0, 0.1) is 16.1 Å². The molecule has 0 bridgehead atoms. The number of hydrogen-bond acceptors (Lipinski definition) is 2. The molecule has 0 aliphatic heterocycles. The first-order valence-corrected chi connectivity index (χ1v) is 25.8. The Hall–Kier alpha value is -6.55. The fourth-order valence-corrected chi connectivity index (χ4v) is 11.9. The summed E-state index contributed by atoms with van der Waals surface area (Å²) in [6.07, 6.45) is 1.86. The summed E-state index contributed by atoms with van der Waals surface area (Å²) in [5.74, 6) is 1.99. The van der Waals surface area contributed by atoms with Gasteiger partial charge < -0.3 is 0 Å². The van der Waals surface area contributed by atoms with Crippen molar-refractivity contribution in [3.8, 4) is 50.9 Å². The van der Waals surface area contributed by atoms with Crippen LogP contribution in [0.1, 0.15) is 125 Å². The number of benzene rings is 7. The van der Waals surface area contributed by atoms with Crippen LogP contribution >= 0.6 is 0 Å². The number of aromatic nitrogens is 4. The number of para-hydroxylation sites is 2. The zero-order valence-electron chi connectivity index (χ0n) is 53.3. The SMILES string of the molecule is [2H]c1c([2H])c([2H])c(-c2cc(C(C)(C)C)cc(-c3c([2H])c([2H])c([2H])c([2H])c3[2H])c2-n2[c](=[Pt])n(-c3cc(Oc4ccc5c6cc7c(cc6n(-c6cc(C)ccn6)c5c4)C(C)(C)C(C)(C)C7(C)C)cc(C(C)(C)C)c3)c3ccccc32)c([2H])c1[2H]. The van der Waals surface area contributed by atoms with Gasteiger partial charge in [0.05, 0.1) is 0 Å². The van der Waals surface area contributed by atoms with E-state index in [1.165, 1.54) is 11.1 Å². The maximum atomic E-state index is 9.41. The van der Waals surface area contributed by atoms with Crippen molar-refractivity contribution in [3.05, 3.63) is 195 Å². The molecule has 7 aromatic carbocycles. The van der Waals surface area contributed by atoms with Gasteiger partial charge in [-0.15, -0.1) is 0 Å². The van der Waals surface area contributed by atoms with Crippen molar-refractivity contribution >= 4 is 32.8 Å². The molecule has 0 radical (unpaired) electrons. The number of nitrogens with zero attached hydrogens (tertiary/aromatic N) is 4. The molecule has 6 heteroatoms. The van der Waals surface area contributed by atoms with Crippen molar-refractivity contribution in [2.75, 3.05) is 0 Å². The third kappa shape index (κ3) is 7.52. The number of aryl methyl sites for hydroxylation is 1. The summed E-state index contributed by atoms with van der Waals surface area (Å²) in [7, 11) is 0. The summed E-state index contributed by atoms with van der Waals surface area (Å²) < 4.78 is 104. The van der Waals surface area contributed by atoms with Crippen LogP contribution in [0.15, 0.2) is 164 Å². The molecule has 11 rings (SSSR count). The first-order chi connectivity index (χ1) is 38.2. The van der Waals surface area contributed by atoms with Gasteiger partial charge in [0.15, 0.2) is 0 Å². The van der Waals surface area contributed by atoms with E-state index in [4.69, 9.17) is 17.9 Å². The standard InChI is InChI=1S/C66H66N4O.Pt/c1-42-30-31-67-60(32-42)70-58-38-48(28-29-50(58)53-39-54-55(40-59(53)70)65(10,11)66(12,13)64(54,8)9)71-49-34-45(62(2,3)4)33-47(37-49)68-41-69(57-27-21-20-26-56(57)68)61-51(43-22-16-14-17-23-43)35-46(63(5,6)7)36-52(61)44-24-18-15-19-25-44;/h14-40H,1-13H3;/i14D,15D,16D,17D,18D,19D,22D,23D,24D,25D;.